The summed E-state index contributed by atoms with van der Waals surface area (Å²) in [7, 11) is 0. The first-order chi connectivity index (χ1) is 8.54. The van der Waals surface area contributed by atoms with E-state index in [2.05, 4.69) is 21.2 Å². The van der Waals surface area contributed by atoms with E-state index in [-0.39, 0.29) is 11.8 Å². The van der Waals surface area contributed by atoms with Crippen LogP contribution in [0.15, 0.2) is 28.7 Å². The van der Waals surface area contributed by atoms with Gasteiger partial charge in [-0.25, -0.2) is 0 Å². The first-order valence-corrected chi connectivity index (χ1v) is 6.73. The van der Waals surface area contributed by atoms with Crippen LogP contribution in [-0.2, 0) is 9.59 Å². The van der Waals surface area contributed by atoms with Crippen molar-refractivity contribution in [2.75, 3.05) is 4.90 Å². The molecule has 1 aromatic carbocycles. The van der Waals surface area contributed by atoms with Gasteiger partial charge in [0.1, 0.15) is 12.1 Å². The Morgan fingerprint density at radius 1 is 1.39 bits per heavy atom. The molecule has 1 aliphatic rings. The van der Waals surface area contributed by atoms with Gasteiger partial charge in [0.15, 0.2) is 0 Å². The zero-order valence-electron chi connectivity index (χ0n) is 10.3. The Hall–Kier alpha value is -1.36. The molecule has 2 amide bonds. The van der Waals surface area contributed by atoms with Gasteiger partial charge in [-0.1, -0.05) is 28.9 Å². The van der Waals surface area contributed by atoms with Gasteiger partial charge in [-0.05, 0) is 31.5 Å². The molecule has 2 unspecified atom stereocenters. The predicted octanol–water partition coefficient (Wildman–Crippen LogP) is 2.08. The summed E-state index contributed by atoms with van der Waals surface area (Å²) in [5.41, 5.74) is 0.753. The number of benzene rings is 1. The van der Waals surface area contributed by atoms with E-state index in [0.717, 1.165) is 10.2 Å². The van der Waals surface area contributed by atoms with Crippen LogP contribution in [0.2, 0.25) is 0 Å². The molecule has 0 spiro atoms. The van der Waals surface area contributed by atoms with E-state index in [0.29, 0.717) is 6.42 Å². The average Bonchev–Trinajstić information content (AvgIpc) is 2.33. The minimum atomic E-state index is -0.473. The third-order valence-corrected chi connectivity index (χ3v) is 3.55. The number of hydrogen-bond acceptors (Lipinski definition) is 2. The van der Waals surface area contributed by atoms with Gasteiger partial charge in [-0.3, -0.25) is 14.5 Å². The maximum Gasteiger partial charge on any atom is 0.250 e. The number of halogens is 1. The summed E-state index contributed by atoms with van der Waals surface area (Å²) in [5.74, 6) is -0.163. The number of rotatable bonds is 2. The largest absolute Gasteiger partial charge is 0.343 e. The van der Waals surface area contributed by atoms with E-state index in [1.807, 2.05) is 31.2 Å². The van der Waals surface area contributed by atoms with Crippen LogP contribution in [0.4, 0.5) is 5.69 Å². The number of piperazine rings is 1. The molecule has 1 fully saturated rings. The van der Waals surface area contributed by atoms with Gasteiger partial charge in [-0.2, -0.15) is 0 Å². The lowest BCUT2D eigenvalue weighted by Gasteiger charge is -2.37. The standard InChI is InChI=1S/C13H15BrN2O2/c1-3-11-12(17)15-8(2)13(18)16(11)10-6-4-5-9(14)7-10/h4-8,11H,3H2,1-2H3,(H,15,17). The zero-order chi connectivity index (χ0) is 13.3. The smallest absolute Gasteiger partial charge is 0.250 e. The number of nitrogens with zero attached hydrogens (tertiary/aromatic N) is 1. The Bertz CT molecular complexity index is 490. The van der Waals surface area contributed by atoms with Crippen molar-refractivity contribution >= 4 is 33.4 Å². The fourth-order valence-corrected chi connectivity index (χ4v) is 2.54. The molecule has 1 saturated heterocycles. The Morgan fingerprint density at radius 3 is 2.72 bits per heavy atom. The molecule has 1 N–H and O–H groups in total. The van der Waals surface area contributed by atoms with Crippen LogP contribution in [0.5, 0.6) is 0 Å². The van der Waals surface area contributed by atoms with Crippen molar-refractivity contribution in [3.63, 3.8) is 0 Å². The molecule has 96 valence electrons. The second-order valence-corrected chi connectivity index (χ2v) is 5.26. The van der Waals surface area contributed by atoms with Crippen LogP contribution in [0.25, 0.3) is 0 Å². The van der Waals surface area contributed by atoms with E-state index >= 15 is 0 Å². The summed E-state index contributed by atoms with van der Waals surface area (Å²) in [6.45, 7) is 3.61. The van der Waals surface area contributed by atoms with Crippen molar-refractivity contribution in [2.24, 2.45) is 0 Å². The van der Waals surface area contributed by atoms with Crippen molar-refractivity contribution in [2.45, 2.75) is 32.4 Å². The van der Waals surface area contributed by atoms with Gasteiger partial charge in [-0.15, -0.1) is 0 Å². The molecule has 0 aliphatic carbocycles. The normalized spacial score (nSPS) is 24.1. The number of hydrogen-bond donors (Lipinski definition) is 1. The molecule has 18 heavy (non-hydrogen) atoms. The lowest BCUT2D eigenvalue weighted by atomic mass is 10.0. The molecule has 1 aromatic rings. The van der Waals surface area contributed by atoms with Gasteiger partial charge in [0.25, 0.3) is 0 Å². The Labute approximate surface area is 114 Å². The third-order valence-electron chi connectivity index (χ3n) is 3.05. The third kappa shape index (κ3) is 2.27. The minimum Gasteiger partial charge on any atom is -0.343 e. The maximum absolute atomic E-state index is 12.2. The summed E-state index contributed by atoms with van der Waals surface area (Å²) in [4.78, 5) is 25.8. The van der Waals surface area contributed by atoms with E-state index in [1.54, 1.807) is 11.8 Å². The lowest BCUT2D eigenvalue weighted by Crippen LogP contribution is -2.62. The Kier molecular flexibility index (Phi) is 3.71. The topological polar surface area (TPSA) is 49.4 Å². The van der Waals surface area contributed by atoms with Gasteiger partial charge in [0.2, 0.25) is 11.8 Å². The number of carbonyl (C=O) groups excluding carboxylic acids is 2. The van der Waals surface area contributed by atoms with E-state index in [9.17, 15) is 9.59 Å². The SMILES string of the molecule is CCC1C(=O)NC(C)C(=O)N1c1cccc(Br)c1. The van der Waals surface area contributed by atoms with Crippen LogP contribution in [0.1, 0.15) is 20.3 Å². The highest BCUT2D eigenvalue weighted by atomic mass is 79.9. The minimum absolute atomic E-state index is 0.0699. The molecular formula is C13H15BrN2O2. The van der Waals surface area contributed by atoms with E-state index < -0.39 is 12.1 Å². The number of carbonyl (C=O) groups is 2. The van der Waals surface area contributed by atoms with E-state index in [4.69, 9.17) is 0 Å². The van der Waals surface area contributed by atoms with Crippen LogP contribution >= 0.6 is 15.9 Å². The molecule has 5 heteroatoms. The molecule has 2 rings (SSSR count). The summed E-state index contributed by atoms with van der Waals surface area (Å²) < 4.78 is 0.890. The fraction of sp³-hybridized carbons (Fsp3) is 0.385. The van der Waals surface area contributed by atoms with Crippen LogP contribution < -0.4 is 10.2 Å². The summed E-state index contributed by atoms with van der Waals surface area (Å²) in [5, 5.41) is 2.70. The highest BCUT2D eigenvalue weighted by molar-refractivity contribution is 9.10. The molecular weight excluding hydrogens is 296 g/mol. The van der Waals surface area contributed by atoms with Crippen molar-refractivity contribution < 1.29 is 9.59 Å². The van der Waals surface area contributed by atoms with E-state index in [1.165, 1.54) is 0 Å². The first kappa shape index (κ1) is 13.1. The lowest BCUT2D eigenvalue weighted by molar-refractivity contribution is -0.133. The molecule has 0 radical (unpaired) electrons. The van der Waals surface area contributed by atoms with Crippen molar-refractivity contribution in [3.8, 4) is 0 Å². The molecule has 0 aromatic heterocycles. The molecule has 1 aliphatic heterocycles. The van der Waals surface area contributed by atoms with Crippen molar-refractivity contribution in [1.29, 1.82) is 0 Å². The zero-order valence-corrected chi connectivity index (χ0v) is 11.9. The molecule has 1 heterocycles. The first-order valence-electron chi connectivity index (χ1n) is 5.93. The second-order valence-electron chi connectivity index (χ2n) is 4.34. The monoisotopic (exact) mass is 310 g/mol. The second kappa shape index (κ2) is 5.10. The number of amides is 2. The average molecular weight is 311 g/mol. The summed E-state index contributed by atoms with van der Waals surface area (Å²) >= 11 is 3.38. The fourth-order valence-electron chi connectivity index (χ4n) is 2.15. The van der Waals surface area contributed by atoms with Gasteiger partial charge < -0.3 is 5.32 Å². The quantitative estimate of drug-likeness (QED) is 0.909. The highest BCUT2D eigenvalue weighted by Gasteiger charge is 2.38. The summed E-state index contributed by atoms with van der Waals surface area (Å²) in [6, 6.07) is 6.55. The molecule has 2 atom stereocenters. The van der Waals surface area contributed by atoms with Crippen LogP contribution in [0.3, 0.4) is 0 Å². The summed E-state index contributed by atoms with van der Waals surface area (Å²) in [6.07, 6.45) is 0.594. The van der Waals surface area contributed by atoms with Gasteiger partial charge in [0, 0.05) is 10.2 Å². The van der Waals surface area contributed by atoms with Crippen molar-refractivity contribution in [3.05, 3.63) is 28.7 Å². The Morgan fingerprint density at radius 2 is 2.11 bits per heavy atom. The van der Waals surface area contributed by atoms with Crippen LogP contribution in [-0.4, -0.2) is 23.9 Å². The number of anilines is 1. The predicted molar refractivity (Wildman–Crippen MR) is 73.3 cm³/mol. The molecule has 0 bridgehead atoms. The Balaban J connectivity index is 2.43. The van der Waals surface area contributed by atoms with Gasteiger partial charge in [0.05, 0.1) is 0 Å². The maximum atomic E-state index is 12.2. The van der Waals surface area contributed by atoms with Crippen LogP contribution in [0, 0.1) is 0 Å². The highest BCUT2D eigenvalue weighted by Crippen LogP contribution is 2.25. The van der Waals surface area contributed by atoms with Gasteiger partial charge >= 0.3 is 0 Å². The molecule has 4 nitrogen and oxygen atoms in total. The number of nitrogens with one attached hydrogen (secondary N) is 1. The van der Waals surface area contributed by atoms with Crippen molar-refractivity contribution in [1.82, 2.24) is 5.32 Å². The molecule has 0 saturated carbocycles.